The predicted octanol–water partition coefficient (Wildman–Crippen LogP) is 4.00. The second-order valence-corrected chi connectivity index (χ2v) is 5.89. The summed E-state index contributed by atoms with van der Waals surface area (Å²) in [5, 5.41) is 27.6. The Kier molecular flexibility index (Phi) is 5.42. The minimum Gasteiger partial charge on any atom is -0.366 e. The number of aryl methyl sites for hydroxylation is 1. The number of hydrogen-bond acceptors (Lipinski definition) is 7. The largest absolute Gasteiger partial charge is 0.366 e. The third kappa shape index (κ3) is 4.10. The van der Waals surface area contributed by atoms with Crippen molar-refractivity contribution in [2.24, 2.45) is 0 Å². The smallest absolute Gasteiger partial charge is 0.293 e. The lowest BCUT2D eigenvalue weighted by molar-refractivity contribution is -0.384. The van der Waals surface area contributed by atoms with E-state index in [2.05, 4.69) is 15.5 Å². The zero-order valence-electron chi connectivity index (χ0n) is 14.6. The number of rotatable bonds is 7. The number of aromatic nitrogens is 2. The maximum atomic E-state index is 11.4. The lowest BCUT2D eigenvalue weighted by Crippen LogP contribution is -2.15. The Bertz CT molecular complexity index is 979. The van der Waals surface area contributed by atoms with Gasteiger partial charge in [-0.15, -0.1) is 0 Å². The Morgan fingerprint density at radius 2 is 2.07 bits per heavy atom. The molecule has 1 heterocycles. The Morgan fingerprint density at radius 3 is 2.74 bits per heavy atom. The summed E-state index contributed by atoms with van der Waals surface area (Å²) in [6.45, 7) is 2.01. The van der Waals surface area contributed by atoms with Gasteiger partial charge < -0.3 is 9.84 Å². The highest BCUT2D eigenvalue weighted by atomic mass is 16.6. The van der Waals surface area contributed by atoms with E-state index in [0.717, 1.165) is 12.0 Å². The Hall–Kier alpha value is -3.73. The molecule has 0 amide bonds. The number of nitro groups is 1. The molecule has 0 aliphatic carbocycles. The Labute approximate surface area is 155 Å². The van der Waals surface area contributed by atoms with Crippen LogP contribution in [0.3, 0.4) is 0 Å². The van der Waals surface area contributed by atoms with E-state index in [9.17, 15) is 10.1 Å². The van der Waals surface area contributed by atoms with Crippen LogP contribution in [0.4, 0.5) is 11.4 Å². The summed E-state index contributed by atoms with van der Waals surface area (Å²) < 4.78 is 5.28. The molecule has 8 heteroatoms. The van der Waals surface area contributed by atoms with Crippen molar-refractivity contribution in [1.29, 1.82) is 5.26 Å². The van der Waals surface area contributed by atoms with Crippen LogP contribution in [0.25, 0.3) is 0 Å². The number of anilines is 1. The van der Waals surface area contributed by atoms with Gasteiger partial charge in [-0.3, -0.25) is 10.1 Å². The molecule has 0 aliphatic heterocycles. The molecule has 1 aromatic heterocycles. The first kappa shape index (κ1) is 18.1. The molecular formula is C19H17N5O3. The van der Waals surface area contributed by atoms with Crippen LogP contribution in [0.15, 0.2) is 53.1 Å². The van der Waals surface area contributed by atoms with Crippen molar-refractivity contribution < 1.29 is 9.45 Å². The van der Waals surface area contributed by atoms with Crippen molar-refractivity contribution in [3.05, 3.63) is 81.5 Å². The highest BCUT2D eigenvalue weighted by Crippen LogP contribution is 2.31. The van der Waals surface area contributed by atoms with E-state index >= 15 is 0 Å². The second-order valence-electron chi connectivity index (χ2n) is 5.89. The summed E-state index contributed by atoms with van der Waals surface area (Å²) in [6.07, 6.45) is 1.53. The fourth-order valence-corrected chi connectivity index (χ4v) is 2.67. The van der Waals surface area contributed by atoms with Crippen LogP contribution in [-0.2, 0) is 6.42 Å². The monoisotopic (exact) mass is 363 g/mol. The number of nitro benzene ring substituents is 1. The van der Waals surface area contributed by atoms with Gasteiger partial charge in [-0.25, -0.2) is 0 Å². The third-order valence-electron chi connectivity index (χ3n) is 3.96. The standard InChI is InChI=1S/C19H17N5O3/c1-2-6-17-22-19(23-27-17)18(14-7-4-3-5-8-14)21-15-10-9-13(12-20)11-16(15)24(25)26/h3-5,7-11,18,21H,2,6H2,1H3. The van der Waals surface area contributed by atoms with Crippen LogP contribution in [0.2, 0.25) is 0 Å². The molecule has 0 radical (unpaired) electrons. The van der Waals surface area contributed by atoms with E-state index in [4.69, 9.17) is 9.78 Å². The van der Waals surface area contributed by atoms with Crippen LogP contribution >= 0.6 is 0 Å². The number of hydrogen-bond donors (Lipinski definition) is 1. The molecule has 0 saturated carbocycles. The predicted molar refractivity (Wildman–Crippen MR) is 98.0 cm³/mol. The molecule has 0 fully saturated rings. The molecule has 1 unspecified atom stereocenters. The average Bonchev–Trinajstić information content (AvgIpc) is 3.15. The normalized spacial score (nSPS) is 11.6. The number of nitrogens with zero attached hydrogens (tertiary/aromatic N) is 4. The van der Waals surface area contributed by atoms with Crippen molar-refractivity contribution in [3.8, 4) is 6.07 Å². The molecule has 0 aliphatic rings. The molecule has 0 spiro atoms. The highest BCUT2D eigenvalue weighted by molar-refractivity contribution is 5.65. The zero-order valence-corrected chi connectivity index (χ0v) is 14.6. The number of nitriles is 1. The molecule has 27 heavy (non-hydrogen) atoms. The van der Waals surface area contributed by atoms with Gasteiger partial charge in [0.25, 0.3) is 5.69 Å². The van der Waals surface area contributed by atoms with Crippen LogP contribution in [0, 0.1) is 21.4 Å². The summed E-state index contributed by atoms with van der Waals surface area (Å²) in [5.74, 6) is 0.910. The second kappa shape index (κ2) is 8.10. The van der Waals surface area contributed by atoms with Gasteiger partial charge in [0.05, 0.1) is 16.6 Å². The van der Waals surface area contributed by atoms with E-state index in [1.807, 2.05) is 43.3 Å². The van der Waals surface area contributed by atoms with Gasteiger partial charge >= 0.3 is 0 Å². The van der Waals surface area contributed by atoms with Gasteiger partial charge in [0, 0.05) is 12.5 Å². The van der Waals surface area contributed by atoms with E-state index in [0.29, 0.717) is 18.1 Å². The fraction of sp³-hybridized carbons (Fsp3) is 0.211. The summed E-state index contributed by atoms with van der Waals surface area (Å²) in [6, 6.07) is 15.0. The van der Waals surface area contributed by atoms with E-state index < -0.39 is 11.0 Å². The van der Waals surface area contributed by atoms with Gasteiger partial charge in [-0.05, 0) is 24.1 Å². The Balaban J connectivity index is 2.02. The van der Waals surface area contributed by atoms with Crippen molar-refractivity contribution in [1.82, 2.24) is 10.1 Å². The zero-order chi connectivity index (χ0) is 19.2. The quantitative estimate of drug-likeness (QED) is 0.498. The molecule has 1 atom stereocenters. The fourth-order valence-electron chi connectivity index (χ4n) is 2.67. The van der Waals surface area contributed by atoms with Crippen LogP contribution in [0.1, 0.15) is 42.2 Å². The average molecular weight is 363 g/mol. The van der Waals surface area contributed by atoms with E-state index in [-0.39, 0.29) is 16.9 Å². The number of nitrogens with one attached hydrogen (secondary N) is 1. The maximum Gasteiger partial charge on any atom is 0.293 e. The van der Waals surface area contributed by atoms with Crippen molar-refractivity contribution in [3.63, 3.8) is 0 Å². The molecule has 0 bridgehead atoms. The lowest BCUT2D eigenvalue weighted by Gasteiger charge is -2.17. The summed E-state index contributed by atoms with van der Waals surface area (Å²) >= 11 is 0. The molecule has 3 rings (SSSR count). The molecule has 3 aromatic rings. The van der Waals surface area contributed by atoms with Crippen molar-refractivity contribution in [2.75, 3.05) is 5.32 Å². The van der Waals surface area contributed by atoms with Gasteiger partial charge in [-0.1, -0.05) is 42.4 Å². The van der Waals surface area contributed by atoms with Gasteiger partial charge in [0.2, 0.25) is 5.89 Å². The molecule has 2 aromatic carbocycles. The minimum absolute atomic E-state index is 0.188. The molecule has 136 valence electrons. The maximum absolute atomic E-state index is 11.4. The topological polar surface area (TPSA) is 118 Å². The number of benzene rings is 2. The summed E-state index contributed by atoms with van der Waals surface area (Å²) in [4.78, 5) is 15.3. The van der Waals surface area contributed by atoms with Gasteiger partial charge in [0.15, 0.2) is 5.82 Å². The first-order chi connectivity index (χ1) is 13.1. The Morgan fingerprint density at radius 1 is 1.30 bits per heavy atom. The molecular weight excluding hydrogens is 346 g/mol. The first-order valence-corrected chi connectivity index (χ1v) is 8.45. The van der Waals surface area contributed by atoms with E-state index in [1.54, 1.807) is 0 Å². The highest BCUT2D eigenvalue weighted by Gasteiger charge is 2.24. The molecule has 1 N–H and O–H groups in total. The molecule has 8 nitrogen and oxygen atoms in total. The molecule has 0 saturated heterocycles. The van der Waals surface area contributed by atoms with Crippen LogP contribution in [0.5, 0.6) is 0 Å². The SMILES string of the molecule is CCCc1nc(C(Nc2ccc(C#N)cc2[N+](=O)[O-])c2ccccc2)no1. The van der Waals surface area contributed by atoms with Crippen LogP contribution in [-0.4, -0.2) is 15.1 Å². The third-order valence-corrected chi connectivity index (χ3v) is 3.96. The van der Waals surface area contributed by atoms with E-state index in [1.165, 1.54) is 18.2 Å². The minimum atomic E-state index is -0.535. The first-order valence-electron chi connectivity index (χ1n) is 8.45. The van der Waals surface area contributed by atoms with Gasteiger partial charge in [0.1, 0.15) is 11.7 Å². The lowest BCUT2D eigenvalue weighted by atomic mass is 10.1. The summed E-state index contributed by atoms with van der Waals surface area (Å²) in [7, 11) is 0. The van der Waals surface area contributed by atoms with Crippen molar-refractivity contribution in [2.45, 2.75) is 25.8 Å². The van der Waals surface area contributed by atoms with Crippen LogP contribution < -0.4 is 5.32 Å². The summed E-state index contributed by atoms with van der Waals surface area (Å²) in [5.41, 5.74) is 1.13. The van der Waals surface area contributed by atoms with Crippen molar-refractivity contribution >= 4 is 11.4 Å². The van der Waals surface area contributed by atoms with Gasteiger partial charge in [-0.2, -0.15) is 10.2 Å².